The Labute approximate surface area is 174 Å². The van der Waals surface area contributed by atoms with Gasteiger partial charge in [0.25, 0.3) is 11.8 Å². The SMILES string of the molecule is C[C@@H]1CCCC[C@@H]1NC(=O)[C@@H](C)OC(=O)c1cccc(NC(=O)c2cccs2)c1. The van der Waals surface area contributed by atoms with Crippen LogP contribution in [0.15, 0.2) is 41.8 Å². The molecule has 1 heterocycles. The van der Waals surface area contributed by atoms with Gasteiger partial charge in [-0.05, 0) is 55.3 Å². The predicted molar refractivity (Wildman–Crippen MR) is 113 cm³/mol. The number of nitrogens with one attached hydrogen (secondary N) is 2. The maximum Gasteiger partial charge on any atom is 0.338 e. The van der Waals surface area contributed by atoms with Crippen LogP contribution < -0.4 is 10.6 Å². The molecule has 0 bridgehead atoms. The number of ether oxygens (including phenoxy) is 1. The third-order valence-electron chi connectivity index (χ3n) is 5.19. The summed E-state index contributed by atoms with van der Waals surface area (Å²) < 4.78 is 5.35. The highest BCUT2D eigenvalue weighted by Crippen LogP contribution is 2.24. The second-order valence-corrected chi connectivity index (χ2v) is 8.38. The van der Waals surface area contributed by atoms with Crippen LogP contribution in [-0.2, 0) is 9.53 Å². The van der Waals surface area contributed by atoms with Gasteiger partial charge in [0.05, 0.1) is 10.4 Å². The molecular weight excluding hydrogens is 388 g/mol. The van der Waals surface area contributed by atoms with Crippen LogP contribution in [0, 0.1) is 5.92 Å². The maximum absolute atomic E-state index is 12.5. The van der Waals surface area contributed by atoms with Gasteiger partial charge in [0, 0.05) is 11.7 Å². The number of esters is 1. The quantitative estimate of drug-likeness (QED) is 0.693. The number of rotatable bonds is 6. The van der Waals surface area contributed by atoms with E-state index >= 15 is 0 Å². The Hall–Kier alpha value is -2.67. The van der Waals surface area contributed by atoms with Crippen LogP contribution in [0.5, 0.6) is 0 Å². The Balaban J connectivity index is 1.57. The smallest absolute Gasteiger partial charge is 0.338 e. The standard InChI is InChI=1S/C22H26N2O4S/c1-14-7-3-4-10-18(14)24-20(25)15(2)28-22(27)16-8-5-9-17(13-16)23-21(26)19-11-6-12-29-19/h5-6,8-9,11-15,18H,3-4,7,10H2,1-2H3,(H,23,26)(H,24,25)/t14-,15-,18+/m1/s1. The average molecular weight is 415 g/mol. The normalized spacial score (nSPS) is 19.8. The maximum atomic E-state index is 12.5. The van der Waals surface area contributed by atoms with Crippen molar-refractivity contribution in [3.05, 3.63) is 52.2 Å². The molecule has 3 atom stereocenters. The Morgan fingerprint density at radius 2 is 1.93 bits per heavy atom. The molecule has 1 aliphatic rings. The highest BCUT2D eigenvalue weighted by atomic mass is 32.1. The first kappa shape index (κ1) is 21.0. The lowest BCUT2D eigenvalue weighted by Gasteiger charge is -2.30. The van der Waals surface area contributed by atoms with E-state index in [0.717, 1.165) is 19.3 Å². The van der Waals surface area contributed by atoms with Crippen molar-refractivity contribution in [3.63, 3.8) is 0 Å². The lowest BCUT2D eigenvalue weighted by Crippen LogP contribution is -2.45. The summed E-state index contributed by atoms with van der Waals surface area (Å²) in [6, 6.07) is 10.2. The third-order valence-corrected chi connectivity index (χ3v) is 6.06. The Kier molecular flexibility index (Phi) is 7.04. The zero-order valence-corrected chi connectivity index (χ0v) is 17.5. The molecule has 0 spiro atoms. The second kappa shape index (κ2) is 9.69. The molecule has 1 fully saturated rings. The van der Waals surface area contributed by atoms with Crippen LogP contribution in [0.25, 0.3) is 0 Å². The minimum absolute atomic E-state index is 0.133. The Bertz CT molecular complexity index is 865. The topological polar surface area (TPSA) is 84.5 Å². The number of benzene rings is 1. The van der Waals surface area contributed by atoms with Gasteiger partial charge in [-0.2, -0.15) is 0 Å². The van der Waals surface area contributed by atoms with E-state index in [-0.39, 0.29) is 23.4 Å². The van der Waals surface area contributed by atoms with Crippen LogP contribution in [0.4, 0.5) is 5.69 Å². The van der Waals surface area contributed by atoms with Crippen LogP contribution in [0.3, 0.4) is 0 Å². The van der Waals surface area contributed by atoms with Gasteiger partial charge >= 0.3 is 5.97 Å². The van der Waals surface area contributed by atoms with Gasteiger partial charge in [0.2, 0.25) is 0 Å². The van der Waals surface area contributed by atoms with Crippen molar-refractivity contribution >= 4 is 34.8 Å². The van der Waals surface area contributed by atoms with Gasteiger partial charge in [-0.3, -0.25) is 9.59 Å². The van der Waals surface area contributed by atoms with E-state index in [4.69, 9.17) is 4.74 Å². The van der Waals surface area contributed by atoms with Gasteiger partial charge in [-0.1, -0.05) is 31.9 Å². The van der Waals surface area contributed by atoms with Crippen molar-refractivity contribution in [2.24, 2.45) is 5.92 Å². The van der Waals surface area contributed by atoms with Gasteiger partial charge in [0.15, 0.2) is 6.10 Å². The van der Waals surface area contributed by atoms with Crippen LogP contribution in [-0.4, -0.2) is 29.9 Å². The lowest BCUT2D eigenvalue weighted by molar-refractivity contribution is -0.130. The van der Waals surface area contributed by atoms with Crippen molar-refractivity contribution in [2.45, 2.75) is 51.7 Å². The predicted octanol–water partition coefficient (Wildman–Crippen LogP) is 4.24. The number of hydrogen-bond donors (Lipinski definition) is 2. The van der Waals surface area contributed by atoms with E-state index in [1.165, 1.54) is 17.8 Å². The van der Waals surface area contributed by atoms with Crippen molar-refractivity contribution in [2.75, 3.05) is 5.32 Å². The molecule has 2 aromatic rings. The summed E-state index contributed by atoms with van der Waals surface area (Å²) in [5.74, 6) is -0.685. The summed E-state index contributed by atoms with van der Waals surface area (Å²) in [7, 11) is 0. The summed E-state index contributed by atoms with van der Waals surface area (Å²) in [4.78, 5) is 37.6. The monoisotopic (exact) mass is 414 g/mol. The molecule has 2 amide bonds. The zero-order chi connectivity index (χ0) is 20.8. The van der Waals surface area contributed by atoms with E-state index in [2.05, 4.69) is 17.6 Å². The van der Waals surface area contributed by atoms with Crippen molar-refractivity contribution in [1.29, 1.82) is 0 Å². The molecule has 1 aliphatic carbocycles. The first-order chi connectivity index (χ1) is 13.9. The van der Waals surface area contributed by atoms with Gasteiger partial charge in [-0.25, -0.2) is 4.79 Å². The summed E-state index contributed by atoms with van der Waals surface area (Å²) in [5, 5.41) is 7.59. The molecule has 7 heteroatoms. The molecule has 29 heavy (non-hydrogen) atoms. The highest BCUT2D eigenvalue weighted by Gasteiger charge is 2.26. The largest absolute Gasteiger partial charge is 0.449 e. The molecule has 0 unspecified atom stereocenters. The number of hydrogen-bond acceptors (Lipinski definition) is 5. The number of anilines is 1. The Morgan fingerprint density at radius 3 is 2.66 bits per heavy atom. The molecule has 0 aliphatic heterocycles. The number of amides is 2. The molecule has 1 aromatic heterocycles. The van der Waals surface area contributed by atoms with E-state index in [0.29, 0.717) is 16.5 Å². The third kappa shape index (κ3) is 5.67. The number of thiophene rings is 1. The van der Waals surface area contributed by atoms with Crippen molar-refractivity contribution in [3.8, 4) is 0 Å². The van der Waals surface area contributed by atoms with Crippen LogP contribution in [0.2, 0.25) is 0 Å². The zero-order valence-electron chi connectivity index (χ0n) is 16.6. The highest BCUT2D eigenvalue weighted by molar-refractivity contribution is 7.12. The molecule has 1 saturated carbocycles. The average Bonchev–Trinajstić information content (AvgIpc) is 3.25. The van der Waals surface area contributed by atoms with Crippen molar-refractivity contribution in [1.82, 2.24) is 5.32 Å². The lowest BCUT2D eigenvalue weighted by atomic mass is 9.86. The van der Waals surface area contributed by atoms with E-state index in [9.17, 15) is 14.4 Å². The fourth-order valence-electron chi connectivity index (χ4n) is 3.44. The van der Waals surface area contributed by atoms with E-state index in [1.54, 1.807) is 43.3 Å². The molecule has 3 rings (SSSR count). The minimum atomic E-state index is -0.888. The van der Waals surface area contributed by atoms with Gasteiger partial charge < -0.3 is 15.4 Å². The second-order valence-electron chi connectivity index (χ2n) is 7.44. The fourth-order valence-corrected chi connectivity index (χ4v) is 4.06. The van der Waals surface area contributed by atoms with Gasteiger partial charge in [0.1, 0.15) is 0 Å². The van der Waals surface area contributed by atoms with E-state index in [1.807, 2.05) is 5.38 Å². The molecule has 0 saturated heterocycles. The van der Waals surface area contributed by atoms with Crippen LogP contribution >= 0.6 is 11.3 Å². The van der Waals surface area contributed by atoms with E-state index < -0.39 is 12.1 Å². The summed E-state index contributed by atoms with van der Waals surface area (Å²) in [5.41, 5.74) is 0.769. The molecule has 2 N–H and O–H groups in total. The number of carbonyl (C=O) groups is 3. The molecule has 0 radical (unpaired) electrons. The molecule has 6 nitrogen and oxygen atoms in total. The van der Waals surface area contributed by atoms with Crippen LogP contribution in [0.1, 0.15) is 59.6 Å². The Morgan fingerprint density at radius 1 is 1.14 bits per heavy atom. The molecule has 1 aromatic carbocycles. The first-order valence-electron chi connectivity index (χ1n) is 9.90. The first-order valence-corrected chi connectivity index (χ1v) is 10.8. The molecule has 154 valence electrons. The van der Waals surface area contributed by atoms with Crippen molar-refractivity contribution < 1.29 is 19.1 Å². The number of carbonyl (C=O) groups excluding carboxylic acids is 3. The fraction of sp³-hybridized carbons (Fsp3) is 0.409. The molecular formula is C22H26N2O4S. The summed E-state index contributed by atoms with van der Waals surface area (Å²) in [6.45, 7) is 3.71. The minimum Gasteiger partial charge on any atom is -0.449 e. The summed E-state index contributed by atoms with van der Waals surface area (Å²) in [6.07, 6.45) is 3.47. The summed E-state index contributed by atoms with van der Waals surface area (Å²) >= 11 is 1.34. The van der Waals surface area contributed by atoms with Gasteiger partial charge in [-0.15, -0.1) is 11.3 Å².